The highest BCUT2D eigenvalue weighted by Crippen LogP contribution is 2.25. The van der Waals surface area contributed by atoms with Gasteiger partial charge in [-0.25, -0.2) is 0 Å². The molecule has 1 amide bonds. The summed E-state index contributed by atoms with van der Waals surface area (Å²) in [6.45, 7) is 5.60. The van der Waals surface area contributed by atoms with Crippen LogP contribution in [0.1, 0.15) is 36.0 Å². The molecule has 5 heteroatoms. The quantitative estimate of drug-likeness (QED) is 0.863. The third kappa shape index (κ3) is 3.49. The normalized spacial score (nSPS) is 10.4. The van der Waals surface area contributed by atoms with Gasteiger partial charge in [0.05, 0.1) is 4.88 Å². The highest BCUT2D eigenvalue weighted by atomic mass is 32.1. The molecule has 2 aromatic rings. The van der Waals surface area contributed by atoms with Crippen LogP contribution in [0, 0.1) is 20.8 Å². The summed E-state index contributed by atoms with van der Waals surface area (Å²) in [5.41, 5.74) is 7.29. The summed E-state index contributed by atoms with van der Waals surface area (Å²) in [5.74, 6) is 0.102. The highest BCUT2D eigenvalue weighted by molar-refractivity contribution is 7.14. The molecule has 1 aromatic heterocycles. The van der Waals surface area contributed by atoms with Gasteiger partial charge in [-0.3, -0.25) is 9.59 Å². The highest BCUT2D eigenvalue weighted by Gasteiger charge is 2.13. The first-order valence-electron chi connectivity index (χ1n) is 6.52. The van der Waals surface area contributed by atoms with E-state index in [4.69, 9.17) is 10.5 Å². The molecule has 0 saturated heterocycles. The second kappa shape index (κ2) is 6.10. The number of amides is 1. The molecule has 0 bridgehead atoms. The van der Waals surface area contributed by atoms with Gasteiger partial charge >= 0.3 is 0 Å². The molecule has 4 nitrogen and oxygen atoms in total. The van der Waals surface area contributed by atoms with Crippen molar-refractivity contribution in [2.45, 2.75) is 20.8 Å². The van der Waals surface area contributed by atoms with Crippen LogP contribution in [-0.4, -0.2) is 18.3 Å². The number of carbonyl (C=O) groups is 2. The van der Waals surface area contributed by atoms with E-state index in [2.05, 4.69) is 0 Å². The zero-order valence-corrected chi connectivity index (χ0v) is 13.0. The van der Waals surface area contributed by atoms with Gasteiger partial charge in [0, 0.05) is 10.4 Å². The van der Waals surface area contributed by atoms with Crippen LogP contribution in [0.5, 0.6) is 5.75 Å². The fourth-order valence-corrected chi connectivity index (χ4v) is 2.91. The molecule has 0 aliphatic carbocycles. The zero-order valence-electron chi connectivity index (χ0n) is 12.2. The Hall–Kier alpha value is -2.14. The van der Waals surface area contributed by atoms with Crippen LogP contribution in [0.3, 0.4) is 0 Å². The van der Waals surface area contributed by atoms with E-state index in [1.807, 2.05) is 32.9 Å². The number of nitrogens with two attached hydrogens (primary N) is 1. The van der Waals surface area contributed by atoms with Gasteiger partial charge in [-0.1, -0.05) is 0 Å². The Kier molecular flexibility index (Phi) is 4.43. The number of Topliss-reactive ketones (excluding diaryl/α,β-unsaturated/α-hetero) is 1. The molecule has 0 aliphatic heterocycles. The Morgan fingerprint density at radius 1 is 1.14 bits per heavy atom. The average molecular weight is 303 g/mol. The lowest BCUT2D eigenvalue weighted by Crippen LogP contribution is -2.14. The van der Waals surface area contributed by atoms with Crippen molar-refractivity contribution >= 4 is 23.0 Å². The maximum Gasteiger partial charge on any atom is 0.248 e. The summed E-state index contributed by atoms with van der Waals surface area (Å²) in [5, 5.41) is 0. The molecule has 21 heavy (non-hydrogen) atoms. The molecule has 0 spiro atoms. The summed E-state index contributed by atoms with van der Waals surface area (Å²) in [4.78, 5) is 25.0. The van der Waals surface area contributed by atoms with Crippen molar-refractivity contribution < 1.29 is 14.3 Å². The molecule has 1 aromatic carbocycles. The van der Waals surface area contributed by atoms with Crippen LogP contribution in [0.15, 0.2) is 24.3 Å². The standard InChI is InChI=1S/C16H17NO3S/c1-9-6-12(16(17)19)7-10(2)15(9)20-8-13(18)14-5-4-11(3)21-14/h4-7H,8H2,1-3H3,(H2,17,19). The molecule has 2 N–H and O–H groups in total. The molecular weight excluding hydrogens is 286 g/mol. The fraction of sp³-hybridized carbons (Fsp3) is 0.250. The van der Waals surface area contributed by atoms with Crippen molar-refractivity contribution in [2.75, 3.05) is 6.61 Å². The van der Waals surface area contributed by atoms with Gasteiger partial charge < -0.3 is 10.5 Å². The summed E-state index contributed by atoms with van der Waals surface area (Å²) >= 11 is 1.46. The van der Waals surface area contributed by atoms with Gasteiger partial charge in [0.1, 0.15) is 5.75 Å². The Morgan fingerprint density at radius 2 is 1.76 bits per heavy atom. The molecule has 0 radical (unpaired) electrons. The van der Waals surface area contributed by atoms with Crippen molar-refractivity contribution in [1.29, 1.82) is 0 Å². The Morgan fingerprint density at radius 3 is 2.24 bits per heavy atom. The number of carbonyl (C=O) groups excluding carboxylic acids is 2. The third-order valence-electron chi connectivity index (χ3n) is 3.11. The maximum absolute atomic E-state index is 12.0. The smallest absolute Gasteiger partial charge is 0.248 e. The topological polar surface area (TPSA) is 69.4 Å². The number of hydrogen-bond acceptors (Lipinski definition) is 4. The minimum absolute atomic E-state index is 0.0163. The monoisotopic (exact) mass is 303 g/mol. The summed E-state index contributed by atoms with van der Waals surface area (Å²) < 4.78 is 5.63. The van der Waals surface area contributed by atoms with E-state index in [0.29, 0.717) is 16.2 Å². The Bertz CT molecular complexity index is 680. The van der Waals surface area contributed by atoms with Crippen molar-refractivity contribution in [1.82, 2.24) is 0 Å². The maximum atomic E-state index is 12.0. The Labute approximate surface area is 127 Å². The predicted octanol–water partition coefficient (Wildman–Crippen LogP) is 3.03. The van der Waals surface area contributed by atoms with E-state index >= 15 is 0 Å². The van der Waals surface area contributed by atoms with E-state index in [1.165, 1.54) is 11.3 Å². The van der Waals surface area contributed by atoms with Crippen LogP contribution in [0.4, 0.5) is 0 Å². The second-order valence-corrected chi connectivity index (χ2v) is 6.21. The molecule has 0 unspecified atom stereocenters. The molecule has 0 atom stereocenters. The lowest BCUT2D eigenvalue weighted by Gasteiger charge is -2.12. The predicted molar refractivity (Wildman–Crippen MR) is 83.3 cm³/mol. The number of ketones is 1. The third-order valence-corrected chi connectivity index (χ3v) is 4.15. The largest absolute Gasteiger partial charge is 0.485 e. The second-order valence-electron chi connectivity index (χ2n) is 4.93. The summed E-state index contributed by atoms with van der Waals surface area (Å²) in [7, 11) is 0. The van der Waals surface area contributed by atoms with Gasteiger partial charge in [0.2, 0.25) is 11.7 Å². The molecule has 0 aliphatic rings. The van der Waals surface area contributed by atoms with E-state index < -0.39 is 5.91 Å². The SMILES string of the molecule is Cc1ccc(C(=O)COc2c(C)cc(C(N)=O)cc2C)s1. The minimum Gasteiger partial charge on any atom is -0.485 e. The van der Waals surface area contributed by atoms with Crippen LogP contribution in [0.2, 0.25) is 0 Å². The summed E-state index contributed by atoms with van der Waals surface area (Å²) in [6.07, 6.45) is 0. The number of rotatable bonds is 5. The van der Waals surface area contributed by atoms with Crippen molar-refractivity contribution in [3.8, 4) is 5.75 Å². The molecular formula is C16H17NO3S. The minimum atomic E-state index is -0.474. The molecule has 110 valence electrons. The van der Waals surface area contributed by atoms with E-state index in [9.17, 15) is 9.59 Å². The van der Waals surface area contributed by atoms with E-state index in [-0.39, 0.29) is 12.4 Å². The first-order chi connectivity index (χ1) is 9.88. The number of thiophene rings is 1. The fourth-order valence-electron chi connectivity index (χ4n) is 2.11. The number of primary amides is 1. The van der Waals surface area contributed by atoms with Crippen LogP contribution < -0.4 is 10.5 Å². The van der Waals surface area contributed by atoms with Gasteiger partial charge in [0.15, 0.2) is 6.61 Å². The molecule has 1 heterocycles. The first kappa shape index (κ1) is 15.3. The van der Waals surface area contributed by atoms with Crippen molar-refractivity contribution in [3.63, 3.8) is 0 Å². The first-order valence-corrected chi connectivity index (χ1v) is 7.33. The summed E-state index contributed by atoms with van der Waals surface area (Å²) in [6, 6.07) is 7.06. The van der Waals surface area contributed by atoms with Gasteiger partial charge in [0.25, 0.3) is 0 Å². The number of benzene rings is 1. The van der Waals surface area contributed by atoms with Crippen LogP contribution >= 0.6 is 11.3 Å². The average Bonchev–Trinajstić information content (AvgIpc) is 2.84. The van der Waals surface area contributed by atoms with Crippen LogP contribution in [-0.2, 0) is 0 Å². The van der Waals surface area contributed by atoms with Crippen LogP contribution in [0.25, 0.3) is 0 Å². The molecule has 0 fully saturated rings. The molecule has 2 rings (SSSR count). The Balaban J connectivity index is 2.13. The number of ether oxygens (including phenoxy) is 1. The van der Waals surface area contributed by atoms with Crippen molar-refractivity contribution in [3.05, 3.63) is 50.7 Å². The lowest BCUT2D eigenvalue weighted by atomic mass is 10.1. The number of hydrogen-bond donors (Lipinski definition) is 1. The van der Waals surface area contributed by atoms with Gasteiger partial charge in [-0.05, 0) is 56.2 Å². The van der Waals surface area contributed by atoms with Crippen molar-refractivity contribution in [2.24, 2.45) is 5.73 Å². The van der Waals surface area contributed by atoms with Gasteiger partial charge in [-0.15, -0.1) is 11.3 Å². The van der Waals surface area contributed by atoms with Gasteiger partial charge in [-0.2, -0.15) is 0 Å². The zero-order chi connectivity index (χ0) is 15.6. The lowest BCUT2D eigenvalue weighted by molar-refractivity contribution is 0.0923. The number of aryl methyl sites for hydroxylation is 3. The van der Waals surface area contributed by atoms with E-state index in [0.717, 1.165) is 16.0 Å². The molecule has 0 saturated carbocycles. The van der Waals surface area contributed by atoms with E-state index in [1.54, 1.807) is 12.1 Å².